The van der Waals surface area contributed by atoms with Crippen LogP contribution in [0.2, 0.25) is 0 Å². The molecule has 7 rings (SSSR count). The third-order valence-corrected chi connectivity index (χ3v) is 7.99. The molecule has 27 heavy (non-hydrogen) atoms. The molecular formula is C22H30N4O. The summed E-state index contributed by atoms with van der Waals surface area (Å²) < 4.78 is 0. The molecule has 1 aromatic heterocycles. The summed E-state index contributed by atoms with van der Waals surface area (Å²) in [4.78, 5) is 24.8. The van der Waals surface area contributed by atoms with E-state index in [2.05, 4.69) is 21.3 Å². The van der Waals surface area contributed by atoms with Gasteiger partial charge in [0.05, 0.1) is 0 Å². The summed E-state index contributed by atoms with van der Waals surface area (Å²) in [6.45, 7) is 1.80. The normalized spacial score (nSPS) is 39.8. The monoisotopic (exact) mass is 366 g/mol. The van der Waals surface area contributed by atoms with Crippen molar-refractivity contribution in [1.29, 1.82) is 0 Å². The van der Waals surface area contributed by atoms with Crippen LogP contribution in [-0.4, -0.2) is 35.0 Å². The van der Waals surface area contributed by atoms with E-state index in [0.29, 0.717) is 11.8 Å². The van der Waals surface area contributed by atoms with Gasteiger partial charge in [-0.1, -0.05) is 0 Å². The van der Waals surface area contributed by atoms with Crippen LogP contribution >= 0.6 is 0 Å². The van der Waals surface area contributed by atoms with Gasteiger partial charge in [-0.2, -0.15) is 0 Å². The van der Waals surface area contributed by atoms with Gasteiger partial charge in [-0.3, -0.25) is 4.79 Å². The number of aromatic nitrogens is 2. The summed E-state index contributed by atoms with van der Waals surface area (Å²) in [6, 6.07) is 2.31. The van der Waals surface area contributed by atoms with Crippen LogP contribution in [0.15, 0.2) is 12.3 Å². The van der Waals surface area contributed by atoms with E-state index in [1.165, 1.54) is 37.8 Å². The first-order chi connectivity index (χ1) is 13.2. The van der Waals surface area contributed by atoms with Gasteiger partial charge in [0.1, 0.15) is 0 Å². The molecule has 4 bridgehead atoms. The Morgan fingerprint density at radius 3 is 2.44 bits per heavy atom. The number of carbonyl (C=O) groups excluding carboxylic acids is 1. The van der Waals surface area contributed by atoms with E-state index in [4.69, 9.17) is 4.98 Å². The third kappa shape index (κ3) is 2.85. The summed E-state index contributed by atoms with van der Waals surface area (Å²) in [5.41, 5.74) is 1.16. The second-order valence-corrected chi connectivity index (χ2v) is 10.2. The average molecular weight is 367 g/mol. The van der Waals surface area contributed by atoms with Gasteiger partial charge in [0.2, 0.25) is 11.9 Å². The molecule has 1 saturated heterocycles. The van der Waals surface area contributed by atoms with Crippen LogP contribution in [0.5, 0.6) is 0 Å². The number of nitrogens with one attached hydrogen (secondary N) is 1. The smallest absolute Gasteiger partial charge is 0.226 e. The van der Waals surface area contributed by atoms with Crippen LogP contribution in [-0.2, 0) is 4.79 Å². The van der Waals surface area contributed by atoms with E-state index < -0.39 is 0 Å². The summed E-state index contributed by atoms with van der Waals surface area (Å²) in [6.07, 6.45) is 13.0. The second kappa shape index (κ2) is 5.92. The molecule has 5 aliphatic carbocycles. The minimum atomic E-state index is -0.0371. The molecule has 6 fully saturated rings. The Bertz CT molecular complexity index is 723. The first kappa shape index (κ1) is 16.3. The van der Waals surface area contributed by atoms with E-state index >= 15 is 0 Å². The quantitative estimate of drug-likeness (QED) is 0.889. The average Bonchev–Trinajstić information content (AvgIpc) is 3.40. The van der Waals surface area contributed by atoms with Crippen molar-refractivity contribution in [3.05, 3.63) is 18.0 Å². The van der Waals surface area contributed by atoms with Crippen molar-refractivity contribution in [2.24, 2.45) is 23.2 Å². The summed E-state index contributed by atoms with van der Waals surface area (Å²) in [7, 11) is 0. The largest absolute Gasteiger partial charge is 0.351 e. The molecule has 1 atom stereocenters. The van der Waals surface area contributed by atoms with Gasteiger partial charge in [-0.15, -0.1) is 0 Å². The molecule has 0 aromatic carbocycles. The maximum atomic E-state index is 13.3. The molecule has 5 heteroatoms. The highest BCUT2D eigenvalue weighted by Crippen LogP contribution is 2.60. The zero-order valence-corrected chi connectivity index (χ0v) is 16.1. The van der Waals surface area contributed by atoms with Gasteiger partial charge in [-0.25, -0.2) is 9.97 Å². The fourth-order valence-corrected chi connectivity index (χ4v) is 6.91. The van der Waals surface area contributed by atoms with Gasteiger partial charge in [0, 0.05) is 42.4 Å². The lowest BCUT2D eigenvalue weighted by molar-refractivity contribution is -0.146. The Kier molecular flexibility index (Phi) is 3.58. The van der Waals surface area contributed by atoms with Crippen molar-refractivity contribution < 1.29 is 4.79 Å². The summed E-state index contributed by atoms with van der Waals surface area (Å²) in [5.74, 6) is 4.33. The van der Waals surface area contributed by atoms with Crippen LogP contribution in [0.3, 0.4) is 0 Å². The van der Waals surface area contributed by atoms with E-state index in [1.807, 2.05) is 6.20 Å². The lowest BCUT2D eigenvalue weighted by Crippen LogP contribution is -2.55. The molecule has 5 nitrogen and oxygen atoms in total. The van der Waals surface area contributed by atoms with E-state index in [0.717, 1.165) is 62.5 Å². The molecule has 1 unspecified atom stereocenters. The Morgan fingerprint density at radius 1 is 1.07 bits per heavy atom. The first-order valence-electron chi connectivity index (χ1n) is 11.1. The lowest BCUT2D eigenvalue weighted by Gasteiger charge is -2.55. The van der Waals surface area contributed by atoms with Crippen LogP contribution < -0.4 is 10.2 Å². The van der Waals surface area contributed by atoms with Crippen molar-refractivity contribution >= 4 is 11.9 Å². The number of anilines is 1. The first-order valence-corrected chi connectivity index (χ1v) is 11.1. The maximum absolute atomic E-state index is 13.3. The highest BCUT2D eigenvalue weighted by molar-refractivity contribution is 5.83. The van der Waals surface area contributed by atoms with Crippen LogP contribution in [0.25, 0.3) is 0 Å². The number of rotatable bonds is 4. The molecular weight excluding hydrogens is 336 g/mol. The SMILES string of the molecule is O=C(NC1CCN(c2nccc(C3CC3)n2)C1)C12CC3CC(CC(C3)C1)C2. The van der Waals surface area contributed by atoms with Crippen molar-refractivity contribution in [1.82, 2.24) is 15.3 Å². The zero-order chi connectivity index (χ0) is 18.0. The predicted molar refractivity (Wildman–Crippen MR) is 103 cm³/mol. The zero-order valence-electron chi connectivity index (χ0n) is 16.1. The molecule has 144 valence electrons. The number of nitrogens with zero attached hydrogens (tertiary/aromatic N) is 3. The number of hydrogen-bond donors (Lipinski definition) is 1. The highest BCUT2D eigenvalue weighted by atomic mass is 16.2. The van der Waals surface area contributed by atoms with Crippen LogP contribution in [0, 0.1) is 23.2 Å². The van der Waals surface area contributed by atoms with Crippen molar-refractivity contribution in [3.8, 4) is 0 Å². The number of amides is 1. The topological polar surface area (TPSA) is 58.1 Å². The fourth-order valence-electron chi connectivity index (χ4n) is 6.91. The van der Waals surface area contributed by atoms with Gasteiger partial charge in [0.25, 0.3) is 0 Å². The Hall–Kier alpha value is -1.65. The maximum Gasteiger partial charge on any atom is 0.226 e. The van der Waals surface area contributed by atoms with E-state index in [1.54, 1.807) is 0 Å². The second-order valence-electron chi connectivity index (χ2n) is 10.2. The van der Waals surface area contributed by atoms with E-state index in [9.17, 15) is 4.79 Å². The molecule has 2 heterocycles. The molecule has 1 aromatic rings. The van der Waals surface area contributed by atoms with Gasteiger partial charge in [-0.05, 0) is 81.6 Å². The fraction of sp³-hybridized carbons (Fsp3) is 0.773. The Balaban J connectivity index is 1.12. The molecule has 1 N–H and O–H groups in total. The minimum Gasteiger partial charge on any atom is -0.351 e. The summed E-state index contributed by atoms with van der Waals surface area (Å²) in [5, 5.41) is 3.45. The standard InChI is InChI=1S/C22H30N4O/c27-20(22-10-14-7-15(11-22)9-16(8-14)12-22)24-18-4-6-26(13-18)21-23-5-3-19(25-21)17-1-2-17/h3,5,14-18H,1-2,4,6-13H2,(H,24,27). The predicted octanol–water partition coefficient (Wildman–Crippen LogP) is 3.27. The van der Waals surface area contributed by atoms with E-state index in [-0.39, 0.29) is 11.5 Å². The molecule has 6 aliphatic rings. The van der Waals surface area contributed by atoms with Crippen molar-refractivity contribution in [3.63, 3.8) is 0 Å². The molecule has 1 aliphatic heterocycles. The molecule has 0 spiro atoms. The van der Waals surface area contributed by atoms with Crippen LogP contribution in [0.4, 0.5) is 5.95 Å². The van der Waals surface area contributed by atoms with Crippen molar-refractivity contribution in [2.45, 2.75) is 69.7 Å². The van der Waals surface area contributed by atoms with Crippen molar-refractivity contribution in [2.75, 3.05) is 18.0 Å². The number of carbonyl (C=O) groups is 1. The Morgan fingerprint density at radius 2 is 1.78 bits per heavy atom. The number of hydrogen-bond acceptors (Lipinski definition) is 4. The molecule has 1 amide bonds. The van der Waals surface area contributed by atoms with Gasteiger partial charge in [0.15, 0.2) is 0 Å². The summed E-state index contributed by atoms with van der Waals surface area (Å²) >= 11 is 0. The third-order valence-electron chi connectivity index (χ3n) is 7.99. The minimum absolute atomic E-state index is 0.0371. The molecule has 0 radical (unpaired) electrons. The highest BCUT2D eigenvalue weighted by Gasteiger charge is 2.54. The Labute approximate surface area is 161 Å². The van der Waals surface area contributed by atoms with Gasteiger partial charge < -0.3 is 10.2 Å². The lowest BCUT2D eigenvalue weighted by atomic mass is 9.49. The van der Waals surface area contributed by atoms with Crippen LogP contribution in [0.1, 0.15) is 69.4 Å². The van der Waals surface area contributed by atoms with Gasteiger partial charge >= 0.3 is 0 Å². The molecule has 5 saturated carbocycles.